The highest BCUT2D eigenvalue weighted by Crippen LogP contribution is 2.10. The third-order valence-corrected chi connectivity index (χ3v) is 2.09. The van der Waals surface area contributed by atoms with Gasteiger partial charge >= 0.3 is 0 Å². The van der Waals surface area contributed by atoms with E-state index >= 15 is 0 Å². The average Bonchev–Trinajstić information content (AvgIpc) is 2.56. The van der Waals surface area contributed by atoms with Gasteiger partial charge in [-0.3, -0.25) is 5.32 Å². The van der Waals surface area contributed by atoms with Gasteiger partial charge in [0.25, 0.3) is 0 Å². The second-order valence-corrected chi connectivity index (χ2v) is 3.22. The van der Waals surface area contributed by atoms with Crippen molar-refractivity contribution in [3.63, 3.8) is 0 Å². The summed E-state index contributed by atoms with van der Waals surface area (Å²) in [5.41, 5.74) is 0.946. The Kier molecular flexibility index (Phi) is 3.20. The molecule has 0 aliphatic heterocycles. The monoisotopic (exact) mass is 181 g/mol. The lowest BCUT2D eigenvalue weighted by Gasteiger charge is -2.12. The molecule has 0 aliphatic carbocycles. The first-order valence-electron chi connectivity index (χ1n) is 3.73. The van der Waals surface area contributed by atoms with Crippen molar-refractivity contribution in [1.82, 2.24) is 14.9 Å². The largest absolute Gasteiger partial charge is 0.296 e. The van der Waals surface area contributed by atoms with Gasteiger partial charge in [0.15, 0.2) is 0 Å². The molecule has 64 valence electrons. The highest BCUT2D eigenvalue weighted by atomic mass is 32.1. The number of nitrogens with one attached hydrogen (secondary N) is 1. The minimum absolute atomic E-state index is 0.0710. The average molecular weight is 181 g/mol. The summed E-state index contributed by atoms with van der Waals surface area (Å²) in [6.45, 7) is 3.96. The highest BCUT2D eigenvalue weighted by molar-refractivity contribution is 7.03. The van der Waals surface area contributed by atoms with Crippen molar-refractivity contribution in [2.24, 2.45) is 0 Å². The van der Waals surface area contributed by atoms with Crippen molar-refractivity contribution >= 4 is 11.5 Å². The maximum atomic E-state index is 5.23. The number of aromatic nitrogens is 2. The highest BCUT2D eigenvalue weighted by Gasteiger charge is 2.09. The third kappa shape index (κ3) is 2.29. The van der Waals surface area contributed by atoms with Gasteiger partial charge in [0.2, 0.25) is 0 Å². The van der Waals surface area contributed by atoms with Crippen molar-refractivity contribution in [1.29, 1.82) is 0 Å². The molecule has 0 aromatic carbocycles. The van der Waals surface area contributed by atoms with E-state index in [1.165, 1.54) is 11.5 Å². The summed E-state index contributed by atoms with van der Waals surface area (Å²) in [4.78, 5) is 0. The van der Waals surface area contributed by atoms with E-state index in [0.29, 0.717) is 0 Å². The number of hydrogen-bond acceptors (Lipinski definition) is 4. The van der Waals surface area contributed by atoms with Gasteiger partial charge in [-0.15, -0.1) is 11.5 Å². The van der Waals surface area contributed by atoms with Crippen LogP contribution in [-0.4, -0.2) is 15.6 Å². The van der Waals surface area contributed by atoms with Crippen LogP contribution in [0, 0.1) is 12.3 Å². The molecule has 1 N–H and O–H groups in total. The number of hydrogen-bond donors (Lipinski definition) is 1. The SMILES string of the molecule is C#CC(C)NC(C)c1csnn1. The zero-order valence-corrected chi connectivity index (χ0v) is 7.93. The molecule has 4 heteroatoms. The van der Waals surface area contributed by atoms with E-state index in [4.69, 9.17) is 6.42 Å². The van der Waals surface area contributed by atoms with Gasteiger partial charge in [0, 0.05) is 5.38 Å². The lowest BCUT2D eigenvalue weighted by atomic mass is 10.2. The summed E-state index contributed by atoms with van der Waals surface area (Å²) < 4.78 is 3.78. The molecule has 12 heavy (non-hydrogen) atoms. The lowest BCUT2D eigenvalue weighted by molar-refractivity contribution is 0.534. The predicted octanol–water partition coefficient (Wildman–Crippen LogP) is 1.21. The third-order valence-electron chi connectivity index (χ3n) is 1.57. The Labute approximate surface area is 76.4 Å². The van der Waals surface area contributed by atoms with Gasteiger partial charge < -0.3 is 0 Å². The molecule has 2 atom stereocenters. The fourth-order valence-electron chi connectivity index (χ4n) is 0.869. The summed E-state index contributed by atoms with van der Waals surface area (Å²) in [7, 11) is 0. The van der Waals surface area contributed by atoms with Crippen LogP contribution in [0.1, 0.15) is 25.6 Å². The summed E-state index contributed by atoms with van der Waals surface area (Å²) in [6.07, 6.45) is 5.23. The Bertz CT molecular complexity index is 262. The minimum atomic E-state index is 0.0710. The lowest BCUT2D eigenvalue weighted by Crippen LogP contribution is -2.27. The molecule has 0 aliphatic rings. The van der Waals surface area contributed by atoms with Crippen LogP contribution in [0.2, 0.25) is 0 Å². The molecule has 0 saturated heterocycles. The molecule has 2 unspecified atom stereocenters. The molecule has 1 heterocycles. The van der Waals surface area contributed by atoms with Crippen LogP contribution in [0.5, 0.6) is 0 Å². The molecule has 1 aromatic rings. The standard InChI is InChI=1S/C8H11N3S/c1-4-6(2)9-7(3)8-5-12-11-10-8/h1,5-7,9H,2-3H3. The molecule has 0 bridgehead atoms. The van der Waals surface area contributed by atoms with Gasteiger partial charge in [-0.25, -0.2) is 0 Å². The zero-order chi connectivity index (χ0) is 8.97. The van der Waals surface area contributed by atoms with Gasteiger partial charge in [-0.2, -0.15) is 0 Å². The number of nitrogens with zero attached hydrogens (tertiary/aromatic N) is 2. The first-order valence-corrected chi connectivity index (χ1v) is 4.57. The zero-order valence-electron chi connectivity index (χ0n) is 7.11. The van der Waals surface area contributed by atoms with Crippen molar-refractivity contribution in [3.8, 4) is 12.3 Å². The van der Waals surface area contributed by atoms with Crippen molar-refractivity contribution < 1.29 is 0 Å². The molecule has 0 amide bonds. The van der Waals surface area contributed by atoms with Crippen LogP contribution in [0.25, 0.3) is 0 Å². The topological polar surface area (TPSA) is 37.8 Å². The van der Waals surface area contributed by atoms with Gasteiger partial charge in [0.1, 0.15) is 0 Å². The van der Waals surface area contributed by atoms with Gasteiger partial charge in [-0.05, 0) is 25.4 Å². The summed E-state index contributed by atoms with van der Waals surface area (Å²) in [5.74, 6) is 2.60. The van der Waals surface area contributed by atoms with Crippen LogP contribution >= 0.6 is 11.5 Å². The van der Waals surface area contributed by atoms with Gasteiger partial charge in [-0.1, -0.05) is 10.4 Å². The fourth-order valence-corrected chi connectivity index (χ4v) is 1.42. The number of terminal acetylenes is 1. The summed E-state index contributed by atoms with van der Waals surface area (Å²) in [5, 5.41) is 9.06. The Morgan fingerprint density at radius 2 is 2.42 bits per heavy atom. The maximum absolute atomic E-state index is 5.23. The quantitative estimate of drug-likeness (QED) is 0.712. The van der Waals surface area contributed by atoms with E-state index in [0.717, 1.165) is 5.69 Å². The minimum Gasteiger partial charge on any atom is -0.296 e. The van der Waals surface area contributed by atoms with Crippen molar-refractivity contribution in [2.45, 2.75) is 25.9 Å². The van der Waals surface area contributed by atoms with Crippen LogP contribution in [0.3, 0.4) is 0 Å². The van der Waals surface area contributed by atoms with Gasteiger partial charge in [0.05, 0.1) is 17.8 Å². The molecule has 1 aromatic heterocycles. The van der Waals surface area contributed by atoms with E-state index in [9.17, 15) is 0 Å². The first-order chi connectivity index (χ1) is 5.74. The molecule has 0 radical (unpaired) electrons. The smallest absolute Gasteiger partial charge is 0.0922 e. The van der Waals surface area contributed by atoms with Crippen LogP contribution < -0.4 is 5.32 Å². The van der Waals surface area contributed by atoms with Crippen LogP contribution in [-0.2, 0) is 0 Å². The van der Waals surface area contributed by atoms with Crippen LogP contribution in [0.15, 0.2) is 5.38 Å². The normalized spacial score (nSPS) is 15.1. The van der Waals surface area contributed by atoms with E-state index in [1.54, 1.807) is 0 Å². The molecule has 0 spiro atoms. The molecular formula is C8H11N3S. The second-order valence-electron chi connectivity index (χ2n) is 2.61. The van der Waals surface area contributed by atoms with E-state index in [2.05, 4.69) is 20.8 Å². The Hall–Kier alpha value is -0.920. The Balaban J connectivity index is 2.51. The Morgan fingerprint density at radius 3 is 2.92 bits per heavy atom. The fraction of sp³-hybridized carbons (Fsp3) is 0.500. The predicted molar refractivity (Wildman–Crippen MR) is 49.8 cm³/mol. The van der Waals surface area contributed by atoms with Crippen molar-refractivity contribution in [3.05, 3.63) is 11.1 Å². The molecule has 0 fully saturated rings. The van der Waals surface area contributed by atoms with E-state index in [-0.39, 0.29) is 12.1 Å². The molecular weight excluding hydrogens is 170 g/mol. The van der Waals surface area contributed by atoms with Crippen molar-refractivity contribution in [2.75, 3.05) is 0 Å². The summed E-state index contributed by atoms with van der Waals surface area (Å²) >= 11 is 1.35. The molecule has 3 nitrogen and oxygen atoms in total. The van der Waals surface area contributed by atoms with Crippen LogP contribution in [0.4, 0.5) is 0 Å². The Morgan fingerprint density at radius 1 is 1.67 bits per heavy atom. The summed E-state index contributed by atoms with van der Waals surface area (Å²) in [6, 6.07) is 0.247. The number of rotatable bonds is 3. The second kappa shape index (κ2) is 4.19. The molecule has 1 rings (SSSR count). The van der Waals surface area contributed by atoms with E-state index in [1.807, 2.05) is 19.2 Å². The maximum Gasteiger partial charge on any atom is 0.0922 e. The van der Waals surface area contributed by atoms with E-state index < -0.39 is 0 Å². The molecule has 0 saturated carbocycles. The first kappa shape index (κ1) is 9.17.